The Bertz CT molecular complexity index is 659. The van der Waals surface area contributed by atoms with Crippen LogP contribution in [-0.4, -0.2) is 15.6 Å². The van der Waals surface area contributed by atoms with Crippen LogP contribution in [0.15, 0.2) is 24.3 Å². The van der Waals surface area contributed by atoms with Crippen LogP contribution in [0.4, 0.5) is 0 Å². The summed E-state index contributed by atoms with van der Waals surface area (Å²) in [4.78, 5) is 10.7. The van der Waals surface area contributed by atoms with Crippen LogP contribution in [0.2, 0.25) is 5.02 Å². The van der Waals surface area contributed by atoms with Gasteiger partial charge in [-0.25, -0.2) is 0 Å². The van der Waals surface area contributed by atoms with Gasteiger partial charge in [-0.3, -0.25) is 4.79 Å². The Balaban J connectivity index is 2.44. The predicted octanol–water partition coefficient (Wildman–Crippen LogP) is 4.07. The number of aromatic nitrogens is 1. The highest BCUT2D eigenvalue weighted by Gasteiger charge is 2.13. The van der Waals surface area contributed by atoms with E-state index in [2.05, 4.69) is 10.6 Å². The Labute approximate surface area is 123 Å². The van der Waals surface area contributed by atoms with Crippen molar-refractivity contribution in [2.24, 2.45) is 0 Å². The molecule has 0 aliphatic rings. The quantitative estimate of drug-likeness (QED) is 0.922. The maximum atomic E-state index is 10.7. The minimum Gasteiger partial charge on any atom is -0.481 e. The fourth-order valence-electron chi connectivity index (χ4n) is 2.56. The van der Waals surface area contributed by atoms with E-state index in [-0.39, 0.29) is 6.42 Å². The third kappa shape index (κ3) is 2.88. The Kier molecular flexibility index (Phi) is 4.19. The van der Waals surface area contributed by atoms with Crippen LogP contribution >= 0.6 is 11.6 Å². The van der Waals surface area contributed by atoms with Gasteiger partial charge in [0.25, 0.3) is 0 Å². The second-order valence-corrected chi connectivity index (χ2v) is 5.49. The van der Waals surface area contributed by atoms with Crippen molar-refractivity contribution in [2.75, 3.05) is 0 Å². The van der Waals surface area contributed by atoms with Crippen molar-refractivity contribution >= 4 is 17.6 Å². The summed E-state index contributed by atoms with van der Waals surface area (Å²) in [5.74, 6) is -0.766. The SMILES string of the molecule is Cc1cc(Cl)ccc1-n1c(C)cc(CCC(=O)O)c1C. The molecule has 0 radical (unpaired) electrons. The van der Waals surface area contributed by atoms with Gasteiger partial charge >= 0.3 is 5.97 Å². The topological polar surface area (TPSA) is 42.2 Å². The fraction of sp³-hybridized carbons (Fsp3) is 0.312. The monoisotopic (exact) mass is 291 g/mol. The number of hydrogen-bond acceptors (Lipinski definition) is 1. The van der Waals surface area contributed by atoms with Crippen LogP contribution < -0.4 is 0 Å². The van der Waals surface area contributed by atoms with E-state index in [4.69, 9.17) is 16.7 Å². The average Bonchev–Trinajstić information content (AvgIpc) is 2.63. The second-order valence-electron chi connectivity index (χ2n) is 5.06. The van der Waals surface area contributed by atoms with Crippen LogP contribution in [0.1, 0.15) is 28.9 Å². The standard InChI is InChI=1S/C16H18ClNO2/c1-10-8-14(17)5-6-15(10)18-11(2)9-13(12(18)3)4-7-16(19)20/h5-6,8-9H,4,7H2,1-3H3,(H,19,20). The van der Waals surface area contributed by atoms with Crippen molar-refractivity contribution in [3.63, 3.8) is 0 Å². The van der Waals surface area contributed by atoms with E-state index in [9.17, 15) is 4.79 Å². The summed E-state index contributed by atoms with van der Waals surface area (Å²) in [6.07, 6.45) is 0.714. The number of halogens is 1. The summed E-state index contributed by atoms with van der Waals surface area (Å²) in [5.41, 5.74) is 5.47. The van der Waals surface area contributed by atoms with Gasteiger partial charge in [0.1, 0.15) is 0 Å². The van der Waals surface area contributed by atoms with Crippen molar-refractivity contribution in [1.82, 2.24) is 4.57 Å². The van der Waals surface area contributed by atoms with E-state index in [0.29, 0.717) is 6.42 Å². The highest BCUT2D eigenvalue weighted by Crippen LogP contribution is 2.25. The molecule has 0 unspecified atom stereocenters. The van der Waals surface area contributed by atoms with Gasteiger partial charge in [0.15, 0.2) is 0 Å². The van der Waals surface area contributed by atoms with Gasteiger partial charge < -0.3 is 9.67 Å². The summed E-state index contributed by atoms with van der Waals surface area (Å²) >= 11 is 6.00. The number of benzene rings is 1. The molecule has 3 nitrogen and oxygen atoms in total. The molecule has 0 spiro atoms. The van der Waals surface area contributed by atoms with Gasteiger partial charge in [0.2, 0.25) is 0 Å². The molecule has 0 aliphatic heterocycles. The zero-order valence-electron chi connectivity index (χ0n) is 11.9. The van der Waals surface area contributed by atoms with Crippen LogP contribution in [0.25, 0.3) is 5.69 Å². The highest BCUT2D eigenvalue weighted by atomic mass is 35.5. The number of aryl methyl sites for hydroxylation is 3. The number of carbonyl (C=O) groups is 1. The minimum absolute atomic E-state index is 0.157. The van der Waals surface area contributed by atoms with E-state index in [0.717, 1.165) is 33.2 Å². The number of rotatable bonds is 4. The van der Waals surface area contributed by atoms with E-state index in [1.165, 1.54) is 0 Å². The van der Waals surface area contributed by atoms with Crippen molar-refractivity contribution < 1.29 is 9.90 Å². The largest absolute Gasteiger partial charge is 0.481 e. The fourth-order valence-corrected chi connectivity index (χ4v) is 2.79. The summed E-state index contributed by atoms with van der Waals surface area (Å²) in [6.45, 7) is 6.08. The lowest BCUT2D eigenvalue weighted by molar-refractivity contribution is -0.136. The van der Waals surface area contributed by atoms with E-state index < -0.39 is 5.97 Å². The normalized spacial score (nSPS) is 10.8. The van der Waals surface area contributed by atoms with Gasteiger partial charge in [-0.15, -0.1) is 0 Å². The molecule has 4 heteroatoms. The molecule has 20 heavy (non-hydrogen) atoms. The van der Waals surface area contributed by atoms with Gasteiger partial charge in [0.05, 0.1) is 0 Å². The third-order valence-electron chi connectivity index (χ3n) is 3.54. The van der Waals surface area contributed by atoms with Crippen molar-refractivity contribution in [3.8, 4) is 5.69 Å². The number of carboxylic acids is 1. The van der Waals surface area contributed by atoms with Crippen LogP contribution in [0, 0.1) is 20.8 Å². The Morgan fingerprint density at radius 2 is 1.95 bits per heavy atom. The van der Waals surface area contributed by atoms with Crippen molar-refractivity contribution in [1.29, 1.82) is 0 Å². The molecule has 1 N–H and O–H groups in total. The molecule has 0 bridgehead atoms. The van der Waals surface area contributed by atoms with Gasteiger partial charge in [-0.05, 0) is 62.6 Å². The first kappa shape index (κ1) is 14.7. The number of aliphatic carboxylic acids is 1. The number of hydrogen-bond donors (Lipinski definition) is 1. The molecule has 106 valence electrons. The molecule has 0 fully saturated rings. The predicted molar refractivity (Wildman–Crippen MR) is 80.9 cm³/mol. The van der Waals surface area contributed by atoms with Crippen LogP contribution in [-0.2, 0) is 11.2 Å². The molecule has 2 rings (SSSR count). The van der Waals surface area contributed by atoms with E-state index >= 15 is 0 Å². The number of nitrogens with zero attached hydrogens (tertiary/aromatic N) is 1. The number of carboxylic acid groups (broad SMARTS) is 1. The smallest absolute Gasteiger partial charge is 0.303 e. The maximum absolute atomic E-state index is 10.7. The molecule has 0 amide bonds. The summed E-state index contributed by atoms with van der Waals surface area (Å²) in [6, 6.07) is 7.87. The maximum Gasteiger partial charge on any atom is 0.303 e. The second kappa shape index (κ2) is 5.71. The average molecular weight is 292 g/mol. The van der Waals surface area contributed by atoms with E-state index in [1.807, 2.05) is 39.0 Å². The lowest BCUT2D eigenvalue weighted by Crippen LogP contribution is -2.03. The molecular formula is C16H18ClNO2. The zero-order valence-corrected chi connectivity index (χ0v) is 12.7. The summed E-state index contributed by atoms with van der Waals surface area (Å²) in [7, 11) is 0. The molecule has 1 heterocycles. The minimum atomic E-state index is -0.766. The highest BCUT2D eigenvalue weighted by molar-refractivity contribution is 6.30. The van der Waals surface area contributed by atoms with E-state index in [1.54, 1.807) is 0 Å². The van der Waals surface area contributed by atoms with Crippen molar-refractivity contribution in [3.05, 3.63) is 51.8 Å². The van der Waals surface area contributed by atoms with Crippen molar-refractivity contribution in [2.45, 2.75) is 33.6 Å². The lowest BCUT2D eigenvalue weighted by atomic mass is 10.1. The van der Waals surface area contributed by atoms with Gasteiger partial charge in [0, 0.05) is 28.5 Å². The molecule has 0 saturated carbocycles. The summed E-state index contributed by atoms with van der Waals surface area (Å²) in [5, 5.41) is 9.53. The molecule has 2 aromatic rings. The van der Waals surface area contributed by atoms with Gasteiger partial charge in [-0.2, -0.15) is 0 Å². The zero-order chi connectivity index (χ0) is 14.9. The van der Waals surface area contributed by atoms with Crippen LogP contribution in [0.5, 0.6) is 0 Å². The Morgan fingerprint density at radius 1 is 1.25 bits per heavy atom. The Morgan fingerprint density at radius 3 is 2.55 bits per heavy atom. The first-order chi connectivity index (χ1) is 9.40. The first-order valence-corrected chi connectivity index (χ1v) is 6.94. The first-order valence-electron chi connectivity index (χ1n) is 6.56. The third-order valence-corrected chi connectivity index (χ3v) is 3.78. The molecule has 1 aromatic heterocycles. The Hall–Kier alpha value is -1.74. The molecular weight excluding hydrogens is 274 g/mol. The van der Waals surface area contributed by atoms with Crippen LogP contribution in [0.3, 0.4) is 0 Å². The molecule has 1 aromatic carbocycles. The molecule has 0 atom stereocenters. The van der Waals surface area contributed by atoms with Gasteiger partial charge in [-0.1, -0.05) is 11.6 Å². The molecule has 0 saturated heterocycles. The molecule has 0 aliphatic carbocycles. The summed E-state index contributed by atoms with van der Waals surface area (Å²) < 4.78 is 2.16. The lowest BCUT2D eigenvalue weighted by Gasteiger charge is -2.13.